The molecule has 1 unspecified atom stereocenters. The molecule has 0 aromatic heterocycles. The second-order valence-electron chi connectivity index (χ2n) is 7.14. The Morgan fingerprint density at radius 1 is 1.27 bits per heavy atom. The van der Waals surface area contributed by atoms with E-state index >= 15 is 0 Å². The van der Waals surface area contributed by atoms with E-state index in [0.717, 1.165) is 25.3 Å². The van der Waals surface area contributed by atoms with Crippen molar-refractivity contribution in [3.05, 3.63) is 24.8 Å². The Bertz CT molecular complexity index is 461. The first-order valence-electron chi connectivity index (χ1n) is 9.83. The number of unbranched alkanes of at least 4 members (excludes halogenated alkanes) is 1. The fraction of sp³-hybridized carbons (Fsp3) is 0.714. The van der Waals surface area contributed by atoms with Crippen LogP contribution in [0.15, 0.2) is 24.8 Å². The van der Waals surface area contributed by atoms with Gasteiger partial charge >= 0.3 is 5.97 Å². The zero-order valence-electron chi connectivity index (χ0n) is 16.4. The zero-order valence-corrected chi connectivity index (χ0v) is 16.4. The topological polar surface area (TPSA) is 64.6 Å². The predicted molar refractivity (Wildman–Crippen MR) is 104 cm³/mol. The number of carbonyl (C=O) groups excluding carboxylic acids is 2. The minimum atomic E-state index is -0.300. The van der Waals surface area contributed by atoms with Gasteiger partial charge in [-0.15, -0.1) is 0 Å². The lowest BCUT2D eigenvalue weighted by atomic mass is 9.84. The van der Waals surface area contributed by atoms with Crippen LogP contribution in [0.25, 0.3) is 0 Å². The molecule has 26 heavy (non-hydrogen) atoms. The molecule has 0 bridgehead atoms. The average Bonchev–Trinajstić information content (AvgIpc) is 2.68. The van der Waals surface area contributed by atoms with Gasteiger partial charge in [0.25, 0.3) is 0 Å². The van der Waals surface area contributed by atoms with Gasteiger partial charge in [0.2, 0.25) is 0 Å². The molecule has 5 nitrogen and oxygen atoms in total. The molecule has 0 aromatic rings. The van der Waals surface area contributed by atoms with Gasteiger partial charge in [-0.05, 0) is 44.6 Å². The first-order chi connectivity index (χ1) is 12.5. The van der Waals surface area contributed by atoms with E-state index in [1.54, 1.807) is 6.92 Å². The summed E-state index contributed by atoms with van der Waals surface area (Å²) in [6, 6.07) is 0. The summed E-state index contributed by atoms with van der Waals surface area (Å²) >= 11 is 0. The van der Waals surface area contributed by atoms with Gasteiger partial charge in [-0.1, -0.05) is 39.3 Å². The number of ketones is 1. The molecule has 2 aliphatic rings. The minimum absolute atomic E-state index is 0.0350. The van der Waals surface area contributed by atoms with E-state index in [1.165, 1.54) is 38.2 Å². The lowest BCUT2D eigenvalue weighted by Gasteiger charge is -2.28. The second kappa shape index (κ2) is 12.8. The van der Waals surface area contributed by atoms with E-state index in [0.29, 0.717) is 18.7 Å². The third-order valence-electron chi connectivity index (χ3n) is 4.83. The van der Waals surface area contributed by atoms with E-state index in [9.17, 15) is 9.59 Å². The minimum Gasteiger partial charge on any atom is -0.459 e. The Morgan fingerprint density at radius 3 is 2.46 bits per heavy atom. The Labute approximate surface area is 158 Å². The van der Waals surface area contributed by atoms with Crippen molar-refractivity contribution in [2.75, 3.05) is 19.7 Å². The Hall–Kier alpha value is -1.46. The van der Waals surface area contributed by atoms with Gasteiger partial charge in [-0.2, -0.15) is 0 Å². The van der Waals surface area contributed by atoms with E-state index in [2.05, 4.69) is 25.4 Å². The maximum Gasteiger partial charge on any atom is 0.333 e. The van der Waals surface area contributed by atoms with E-state index in [1.807, 2.05) is 0 Å². The Kier molecular flexibility index (Phi) is 11.1. The quantitative estimate of drug-likeness (QED) is 0.552. The smallest absolute Gasteiger partial charge is 0.333 e. The number of carbonyl (C=O) groups is 2. The van der Waals surface area contributed by atoms with Gasteiger partial charge < -0.3 is 14.8 Å². The van der Waals surface area contributed by atoms with E-state index in [-0.39, 0.29) is 24.0 Å². The lowest BCUT2D eigenvalue weighted by Crippen LogP contribution is -2.42. The third kappa shape index (κ3) is 8.77. The molecule has 1 aliphatic carbocycles. The monoisotopic (exact) mass is 365 g/mol. The van der Waals surface area contributed by atoms with Crippen molar-refractivity contribution in [2.45, 2.75) is 71.0 Å². The predicted octanol–water partition coefficient (Wildman–Crippen LogP) is 3.58. The van der Waals surface area contributed by atoms with Crippen molar-refractivity contribution in [1.29, 1.82) is 0 Å². The summed E-state index contributed by atoms with van der Waals surface area (Å²) in [5.41, 5.74) is 0.508. The van der Waals surface area contributed by atoms with Gasteiger partial charge in [-0.25, -0.2) is 4.79 Å². The summed E-state index contributed by atoms with van der Waals surface area (Å²) in [6.45, 7) is 13.0. The molecule has 0 aromatic carbocycles. The normalized spacial score (nSPS) is 25.4. The van der Waals surface area contributed by atoms with E-state index in [4.69, 9.17) is 9.47 Å². The summed E-state index contributed by atoms with van der Waals surface area (Å²) in [7, 11) is 0. The fourth-order valence-electron chi connectivity index (χ4n) is 3.16. The van der Waals surface area contributed by atoms with Gasteiger partial charge in [-0.3, -0.25) is 4.79 Å². The van der Waals surface area contributed by atoms with Crippen LogP contribution >= 0.6 is 0 Å². The number of hydrogen-bond donors (Lipinski definition) is 1. The highest BCUT2D eigenvalue weighted by molar-refractivity contribution is 5.93. The van der Waals surface area contributed by atoms with Crippen molar-refractivity contribution < 1.29 is 19.1 Å². The molecule has 1 heterocycles. The number of nitrogens with one attached hydrogen (secondary N) is 1. The standard InChI is InChI=1S/C14H24O2.C7H11NO2/c1-4-5-6-12-7-9-13(10-8-12)16-14(15)11(2)3;1-2-6(9)7-5-8-3-4-10-7/h12-13H,2,4-10H2,1,3H3;2,7-8H,1,3-5H2. The summed E-state index contributed by atoms with van der Waals surface area (Å²) in [5.74, 6) is 0.601. The molecule has 0 amide bonds. The highest BCUT2D eigenvalue weighted by Crippen LogP contribution is 2.30. The van der Waals surface area contributed by atoms with Crippen molar-refractivity contribution >= 4 is 11.8 Å². The van der Waals surface area contributed by atoms with Crippen LogP contribution in [0.3, 0.4) is 0 Å². The largest absolute Gasteiger partial charge is 0.459 e. The number of rotatable bonds is 7. The first-order valence-corrected chi connectivity index (χ1v) is 9.83. The second-order valence-corrected chi connectivity index (χ2v) is 7.14. The molecule has 1 saturated carbocycles. The number of ether oxygens (including phenoxy) is 2. The highest BCUT2D eigenvalue weighted by atomic mass is 16.5. The van der Waals surface area contributed by atoms with Gasteiger partial charge in [0, 0.05) is 18.7 Å². The van der Waals surface area contributed by atoms with Crippen LogP contribution in [0.5, 0.6) is 0 Å². The summed E-state index contributed by atoms with van der Waals surface area (Å²) in [4.78, 5) is 22.2. The van der Waals surface area contributed by atoms with Gasteiger partial charge in [0.15, 0.2) is 5.78 Å². The fourth-order valence-corrected chi connectivity index (χ4v) is 3.16. The third-order valence-corrected chi connectivity index (χ3v) is 4.83. The highest BCUT2D eigenvalue weighted by Gasteiger charge is 2.23. The van der Waals surface area contributed by atoms with Crippen LogP contribution in [0.2, 0.25) is 0 Å². The van der Waals surface area contributed by atoms with Crippen molar-refractivity contribution in [3.8, 4) is 0 Å². The Balaban J connectivity index is 0.000000289. The molecular formula is C21H35NO4. The van der Waals surface area contributed by atoms with Gasteiger partial charge in [0.1, 0.15) is 12.2 Å². The molecule has 2 fully saturated rings. The van der Waals surface area contributed by atoms with Crippen molar-refractivity contribution in [3.63, 3.8) is 0 Å². The average molecular weight is 366 g/mol. The van der Waals surface area contributed by atoms with Gasteiger partial charge in [0.05, 0.1) is 6.61 Å². The van der Waals surface area contributed by atoms with E-state index < -0.39 is 0 Å². The SMILES string of the molecule is C=C(C)C(=O)OC1CCC(CCCC)CC1.C=CC(=O)C1CNCCO1. The van der Waals surface area contributed by atoms with Crippen LogP contribution in [0.4, 0.5) is 0 Å². The molecule has 5 heteroatoms. The van der Waals surface area contributed by atoms with Crippen molar-refractivity contribution in [1.82, 2.24) is 5.32 Å². The van der Waals surface area contributed by atoms with Crippen LogP contribution in [-0.2, 0) is 19.1 Å². The maximum atomic E-state index is 11.3. The number of morpholine rings is 1. The zero-order chi connectivity index (χ0) is 19.4. The molecule has 1 atom stereocenters. The molecule has 148 valence electrons. The summed E-state index contributed by atoms with van der Waals surface area (Å²) < 4.78 is 10.5. The van der Waals surface area contributed by atoms with Crippen LogP contribution in [0.1, 0.15) is 58.8 Å². The van der Waals surface area contributed by atoms with Crippen LogP contribution in [-0.4, -0.2) is 43.7 Å². The molecule has 1 saturated heterocycles. The number of esters is 1. The molecule has 1 N–H and O–H groups in total. The van der Waals surface area contributed by atoms with Crippen molar-refractivity contribution in [2.24, 2.45) is 5.92 Å². The summed E-state index contributed by atoms with van der Waals surface area (Å²) in [5, 5.41) is 3.06. The molecule has 0 radical (unpaired) electrons. The summed E-state index contributed by atoms with van der Waals surface area (Å²) in [6.07, 6.45) is 9.61. The van der Waals surface area contributed by atoms with Crippen LogP contribution in [0, 0.1) is 5.92 Å². The van der Waals surface area contributed by atoms with Crippen LogP contribution < -0.4 is 5.32 Å². The Morgan fingerprint density at radius 2 is 1.96 bits per heavy atom. The number of hydrogen-bond acceptors (Lipinski definition) is 5. The lowest BCUT2D eigenvalue weighted by molar-refractivity contribution is -0.146. The molecular weight excluding hydrogens is 330 g/mol. The molecule has 2 rings (SSSR count). The molecule has 1 aliphatic heterocycles. The molecule has 0 spiro atoms. The first kappa shape index (κ1) is 22.6. The maximum absolute atomic E-state index is 11.3.